The molecule has 96 valence electrons. The first-order valence-corrected chi connectivity index (χ1v) is 5.96. The van der Waals surface area contributed by atoms with Gasteiger partial charge in [0.25, 0.3) is 0 Å². The fraction of sp³-hybridized carbons (Fsp3) is 0.615. The van der Waals surface area contributed by atoms with Crippen molar-refractivity contribution < 1.29 is 9.90 Å². The normalized spacial score (nSPS) is 9.47. The third-order valence-corrected chi connectivity index (χ3v) is 2.21. The number of aliphatic hydroxyl groups is 1. The largest absolute Gasteiger partial charge is 0.389 e. The van der Waals surface area contributed by atoms with Crippen molar-refractivity contribution in [2.45, 2.75) is 47.0 Å². The molecule has 0 radical (unpaired) electrons. The Labute approximate surface area is 103 Å². The van der Waals surface area contributed by atoms with Crippen LogP contribution in [0.2, 0.25) is 0 Å². The first kappa shape index (κ1) is 15.7. The molecule has 0 aliphatic rings. The Hall–Kier alpha value is -1.29. The summed E-state index contributed by atoms with van der Waals surface area (Å²) in [7, 11) is 0. The Morgan fingerprint density at radius 2 is 2.00 bits per heavy atom. The summed E-state index contributed by atoms with van der Waals surface area (Å²) in [5, 5.41) is 8.12. The maximum absolute atomic E-state index is 10.2. The molecule has 0 aliphatic heterocycles. The number of ketones is 1. The molecule has 0 aromatic carbocycles. The highest BCUT2D eigenvalue weighted by molar-refractivity contribution is 5.79. The van der Waals surface area contributed by atoms with Crippen LogP contribution >= 0.6 is 0 Å². The van der Waals surface area contributed by atoms with Crippen LogP contribution in [0.1, 0.15) is 43.8 Å². The van der Waals surface area contributed by atoms with Crippen molar-refractivity contribution in [1.82, 2.24) is 9.97 Å². The fourth-order valence-corrected chi connectivity index (χ4v) is 1.33. The second kappa shape index (κ2) is 8.82. The molecule has 4 heteroatoms. The number of aliphatic hydroxyl groups excluding tert-OH is 1. The third kappa shape index (κ3) is 6.79. The van der Waals surface area contributed by atoms with E-state index in [9.17, 15) is 4.79 Å². The first-order valence-electron chi connectivity index (χ1n) is 5.96. The average molecular weight is 238 g/mol. The molecule has 17 heavy (non-hydrogen) atoms. The molecule has 1 rings (SSSR count). The maximum Gasteiger partial charge on any atom is 0.158 e. The minimum absolute atomic E-state index is 0.0671. The number of rotatable bonds is 4. The lowest BCUT2D eigenvalue weighted by Gasteiger charge is -1.99. The van der Waals surface area contributed by atoms with E-state index < -0.39 is 0 Å². The quantitative estimate of drug-likeness (QED) is 0.871. The van der Waals surface area contributed by atoms with Gasteiger partial charge in [-0.1, -0.05) is 13.8 Å². The van der Waals surface area contributed by atoms with Gasteiger partial charge >= 0.3 is 0 Å². The molecule has 0 spiro atoms. The number of hydrogen-bond acceptors (Lipinski definition) is 4. The average Bonchev–Trinajstić information content (AvgIpc) is 2.30. The second-order valence-corrected chi connectivity index (χ2v) is 3.84. The van der Waals surface area contributed by atoms with Crippen LogP contribution in [-0.2, 0) is 11.2 Å². The Kier molecular flexibility index (Phi) is 8.15. The zero-order valence-corrected chi connectivity index (χ0v) is 11.2. The lowest BCUT2D eigenvalue weighted by molar-refractivity contribution is -0.121. The molecule has 0 saturated heterocycles. The van der Waals surface area contributed by atoms with Crippen molar-refractivity contribution in [1.29, 1.82) is 0 Å². The number of hydrogen-bond donors (Lipinski definition) is 1. The van der Waals surface area contributed by atoms with E-state index in [4.69, 9.17) is 5.11 Å². The summed E-state index contributed by atoms with van der Waals surface area (Å²) in [4.78, 5) is 18.7. The fourth-order valence-electron chi connectivity index (χ4n) is 1.33. The van der Waals surface area contributed by atoms with E-state index in [1.165, 1.54) is 0 Å². The van der Waals surface area contributed by atoms with Crippen LogP contribution in [0, 0.1) is 13.8 Å². The molecule has 0 unspecified atom stereocenters. The topological polar surface area (TPSA) is 63.1 Å². The highest BCUT2D eigenvalue weighted by atomic mass is 16.3. The smallest absolute Gasteiger partial charge is 0.158 e. The van der Waals surface area contributed by atoms with Crippen molar-refractivity contribution >= 4 is 5.78 Å². The van der Waals surface area contributed by atoms with Crippen LogP contribution in [0.4, 0.5) is 0 Å². The number of aromatic nitrogens is 2. The predicted octanol–water partition coefficient (Wildman–Crippen LogP) is 2.00. The molecule has 0 fully saturated rings. The van der Waals surface area contributed by atoms with Gasteiger partial charge in [-0.25, -0.2) is 0 Å². The first-order chi connectivity index (χ1) is 8.04. The molecule has 1 aromatic heterocycles. The monoisotopic (exact) mass is 238 g/mol. The van der Waals surface area contributed by atoms with Gasteiger partial charge in [-0.15, -0.1) is 0 Å². The van der Waals surface area contributed by atoms with Crippen LogP contribution in [-0.4, -0.2) is 27.5 Å². The SMILES string of the molecule is CCCC(=O)CO.CCc1ncc(C)nc1C. The third-order valence-electron chi connectivity index (χ3n) is 2.21. The van der Waals surface area contributed by atoms with E-state index in [1.54, 1.807) is 0 Å². The summed E-state index contributed by atoms with van der Waals surface area (Å²) >= 11 is 0. The molecule has 0 saturated carbocycles. The van der Waals surface area contributed by atoms with Crippen LogP contribution in [0.25, 0.3) is 0 Å². The zero-order chi connectivity index (χ0) is 13.3. The number of nitrogens with zero attached hydrogens (tertiary/aromatic N) is 2. The number of carbonyl (C=O) groups is 1. The van der Waals surface area contributed by atoms with Crippen molar-refractivity contribution in [3.63, 3.8) is 0 Å². The zero-order valence-electron chi connectivity index (χ0n) is 11.2. The van der Waals surface area contributed by atoms with Crippen LogP contribution < -0.4 is 0 Å². The van der Waals surface area contributed by atoms with Gasteiger partial charge in [-0.05, 0) is 26.7 Å². The van der Waals surface area contributed by atoms with Crippen molar-refractivity contribution in [3.05, 3.63) is 23.3 Å². The molecule has 0 aliphatic carbocycles. The van der Waals surface area contributed by atoms with Gasteiger partial charge in [0.05, 0.1) is 17.1 Å². The highest BCUT2D eigenvalue weighted by Gasteiger charge is 1.96. The van der Waals surface area contributed by atoms with Crippen LogP contribution in [0.5, 0.6) is 0 Å². The summed E-state index contributed by atoms with van der Waals surface area (Å²) in [6.45, 7) is 7.66. The molecular weight excluding hydrogens is 216 g/mol. The van der Waals surface area contributed by atoms with Gasteiger partial charge in [0.2, 0.25) is 0 Å². The van der Waals surface area contributed by atoms with Gasteiger partial charge in [0.1, 0.15) is 6.61 Å². The lowest BCUT2D eigenvalue weighted by Crippen LogP contribution is -2.01. The predicted molar refractivity (Wildman–Crippen MR) is 67.9 cm³/mol. The summed E-state index contributed by atoms with van der Waals surface area (Å²) in [6.07, 6.45) is 4.13. The van der Waals surface area contributed by atoms with E-state index >= 15 is 0 Å². The second-order valence-electron chi connectivity index (χ2n) is 3.84. The van der Waals surface area contributed by atoms with Gasteiger partial charge in [-0.3, -0.25) is 14.8 Å². The standard InChI is InChI=1S/C8H12N2.C5H10O2/c1-4-8-7(3)10-6(2)5-9-8;1-2-3-5(7)4-6/h5H,4H2,1-3H3;6H,2-4H2,1H3. The van der Waals surface area contributed by atoms with Gasteiger partial charge < -0.3 is 5.11 Å². The van der Waals surface area contributed by atoms with E-state index in [0.717, 1.165) is 29.9 Å². The maximum atomic E-state index is 10.2. The molecule has 0 atom stereocenters. The Bertz CT molecular complexity index is 351. The summed E-state index contributed by atoms with van der Waals surface area (Å²) < 4.78 is 0. The molecule has 0 amide bonds. The summed E-state index contributed by atoms with van der Waals surface area (Å²) in [5.41, 5.74) is 3.16. The molecule has 0 bridgehead atoms. The molecule has 1 heterocycles. The number of aryl methyl sites for hydroxylation is 3. The van der Waals surface area contributed by atoms with Crippen LogP contribution in [0.3, 0.4) is 0 Å². The summed E-state index contributed by atoms with van der Waals surface area (Å²) in [5.74, 6) is -0.0671. The molecule has 1 N–H and O–H groups in total. The van der Waals surface area contributed by atoms with Crippen molar-refractivity contribution in [2.24, 2.45) is 0 Å². The van der Waals surface area contributed by atoms with E-state index in [2.05, 4.69) is 16.9 Å². The van der Waals surface area contributed by atoms with E-state index in [1.807, 2.05) is 27.0 Å². The highest BCUT2D eigenvalue weighted by Crippen LogP contribution is 2.01. The molecular formula is C13H22N2O2. The Morgan fingerprint density at radius 1 is 1.35 bits per heavy atom. The minimum atomic E-state index is -0.298. The molecule has 4 nitrogen and oxygen atoms in total. The van der Waals surface area contributed by atoms with Gasteiger partial charge in [0, 0.05) is 12.6 Å². The van der Waals surface area contributed by atoms with Crippen molar-refractivity contribution in [2.75, 3.05) is 6.61 Å². The van der Waals surface area contributed by atoms with Gasteiger partial charge in [0.15, 0.2) is 5.78 Å². The Balaban J connectivity index is 0.000000325. The summed E-state index contributed by atoms with van der Waals surface area (Å²) in [6, 6.07) is 0. The van der Waals surface area contributed by atoms with Crippen molar-refractivity contribution in [3.8, 4) is 0 Å². The number of Topliss-reactive ketones (excluding diaryl/α,β-unsaturated/α-hetero) is 1. The number of carbonyl (C=O) groups excluding carboxylic acids is 1. The Morgan fingerprint density at radius 3 is 2.35 bits per heavy atom. The lowest BCUT2D eigenvalue weighted by atomic mass is 10.2. The van der Waals surface area contributed by atoms with E-state index in [-0.39, 0.29) is 12.4 Å². The van der Waals surface area contributed by atoms with Gasteiger partial charge in [-0.2, -0.15) is 0 Å². The molecule has 1 aromatic rings. The van der Waals surface area contributed by atoms with Crippen LogP contribution in [0.15, 0.2) is 6.20 Å². The van der Waals surface area contributed by atoms with E-state index in [0.29, 0.717) is 6.42 Å². The minimum Gasteiger partial charge on any atom is -0.389 e.